The summed E-state index contributed by atoms with van der Waals surface area (Å²) in [6.45, 7) is 1.88. The molecule has 0 aliphatic rings. The van der Waals surface area contributed by atoms with Crippen molar-refractivity contribution in [3.63, 3.8) is 0 Å². The Morgan fingerprint density at radius 1 is 1.33 bits per heavy atom. The Hall–Kier alpha value is -1.69. The zero-order chi connectivity index (χ0) is 13.3. The molecule has 5 nitrogen and oxygen atoms in total. The molecule has 1 aromatic heterocycles. The van der Waals surface area contributed by atoms with Crippen LogP contribution in [0.15, 0.2) is 33.5 Å². The average molecular weight is 265 g/mol. The van der Waals surface area contributed by atoms with Crippen LogP contribution in [0.1, 0.15) is 12.7 Å². The smallest absolute Gasteiger partial charge is 0.267 e. The number of fused-ring (bicyclic) bond motifs is 1. The molecule has 0 aliphatic heterocycles. The number of nitrogens with zero attached hydrogens (tertiary/aromatic N) is 3. The molecule has 18 heavy (non-hydrogen) atoms. The number of benzene rings is 1. The van der Waals surface area contributed by atoms with Gasteiger partial charge in [-0.1, -0.05) is 19.1 Å². The summed E-state index contributed by atoms with van der Waals surface area (Å²) in [6, 6.07) is 7.09. The van der Waals surface area contributed by atoms with E-state index in [1.807, 2.05) is 13.0 Å². The number of para-hydroxylation sites is 1. The SMILES string of the molecule is CCc1nc2ccccc2c(=O)n1N=S(C)(C)=O. The Morgan fingerprint density at radius 2 is 2.00 bits per heavy atom. The summed E-state index contributed by atoms with van der Waals surface area (Å²) < 4.78 is 16.9. The van der Waals surface area contributed by atoms with Gasteiger partial charge in [-0.15, -0.1) is 4.47 Å². The summed E-state index contributed by atoms with van der Waals surface area (Å²) in [5, 5.41) is 0.488. The van der Waals surface area contributed by atoms with Crippen molar-refractivity contribution < 1.29 is 4.21 Å². The van der Waals surface area contributed by atoms with Crippen LogP contribution >= 0.6 is 0 Å². The molecule has 0 fully saturated rings. The van der Waals surface area contributed by atoms with E-state index >= 15 is 0 Å². The van der Waals surface area contributed by atoms with Crippen LogP contribution in [-0.4, -0.2) is 26.4 Å². The molecule has 0 spiro atoms. The molecule has 0 aliphatic carbocycles. The van der Waals surface area contributed by atoms with Crippen molar-refractivity contribution >= 4 is 20.6 Å². The molecule has 0 saturated heterocycles. The summed E-state index contributed by atoms with van der Waals surface area (Å²) in [5.41, 5.74) is 0.374. The minimum atomic E-state index is -2.40. The summed E-state index contributed by atoms with van der Waals surface area (Å²) in [6.07, 6.45) is 3.54. The van der Waals surface area contributed by atoms with Gasteiger partial charge in [-0.05, 0) is 12.1 Å². The van der Waals surface area contributed by atoms with Crippen molar-refractivity contribution in [2.45, 2.75) is 13.3 Å². The van der Waals surface area contributed by atoms with Crippen molar-refractivity contribution in [1.82, 2.24) is 9.66 Å². The molecule has 2 aromatic rings. The lowest BCUT2D eigenvalue weighted by atomic mass is 10.2. The molecular weight excluding hydrogens is 250 g/mol. The molecule has 0 saturated carbocycles. The maximum absolute atomic E-state index is 12.3. The number of hydrogen-bond acceptors (Lipinski definition) is 4. The first-order valence-corrected chi connectivity index (χ1v) is 7.93. The molecule has 6 heteroatoms. The van der Waals surface area contributed by atoms with Crippen LogP contribution in [0.4, 0.5) is 0 Å². The standard InChI is InChI=1S/C12H15N3O2S/c1-4-11-13-10-8-6-5-7-9(10)12(16)15(11)14-18(2,3)17/h5-8H,4H2,1-3H3. The molecule has 0 N–H and O–H groups in total. The lowest BCUT2D eigenvalue weighted by Crippen LogP contribution is -2.23. The minimum absolute atomic E-state index is 0.270. The van der Waals surface area contributed by atoms with E-state index in [-0.39, 0.29) is 5.56 Å². The summed E-state index contributed by atoms with van der Waals surface area (Å²) >= 11 is 0. The Balaban J connectivity index is 2.92. The maximum atomic E-state index is 12.3. The first-order valence-electron chi connectivity index (χ1n) is 5.60. The van der Waals surface area contributed by atoms with E-state index in [0.29, 0.717) is 23.1 Å². The molecule has 1 heterocycles. The molecule has 96 valence electrons. The summed E-state index contributed by atoms with van der Waals surface area (Å²) in [7, 11) is -2.40. The monoisotopic (exact) mass is 265 g/mol. The van der Waals surface area contributed by atoms with Crippen molar-refractivity contribution in [3.8, 4) is 0 Å². The number of rotatable bonds is 2. The summed E-state index contributed by atoms with van der Waals surface area (Å²) in [4.78, 5) is 16.7. The lowest BCUT2D eigenvalue weighted by molar-refractivity contribution is 0.670. The fraction of sp³-hybridized carbons (Fsp3) is 0.333. The van der Waals surface area contributed by atoms with Gasteiger partial charge in [-0.2, -0.15) is 4.68 Å². The molecule has 1 aromatic carbocycles. The van der Waals surface area contributed by atoms with Gasteiger partial charge < -0.3 is 0 Å². The van der Waals surface area contributed by atoms with Crippen LogP contribution in [0.2, 0.25) is 0 Å². The van der Waals surface area contributed by atoms with Gasteiger partial charge in [-0.3, -0.25) is 4.79 Å². The number of aromatic nitrogens is 2. The van der Waals surface area contributed by atoms with E-state index in [2.05, 4.69) is 9.46 Å². The number of aryl methyl sites for hydroxylation is 1. The Kier molecular flexibility index (Phi) is 3.21. The van der Waals surface area contributed by atoms with Crippen LogP contribution in [0.3, 0.4) is 0 Å². The predicted octanol–water partition coefficient (Wildman–Crippen LogP) is 1.45. The zero-order valence-electron chi connectivity index (χ0n) is 10.6. The van der Waals surface area contributed by atoms with E-state index in [4.69, 9.17) is 0 Å². The van der Waals surface area contributed by atoms with Gasteiger partial charge in [0.2, 0.25) is 0 Å². The largest absolute Gasteiger partial charge is 0.282 e. The Bertz CT molecular complexity index is 762. The van der Waals surface area contributed by atoms with Gasteiger partial charge in [-0.25, -0.2) is 9.19 Å². The zero-order valence-corrected chi connectivity index (χ0v) is 11.4. The molecule has 2 rings (SSSR count). The van der Waals surface area contributed by atoms with Crippen molar-refractivity contribution in [2.75, 3.05) is 12.5 Å². The molecular formula is C12H15N3O2S. The molecule has 0 bridgehead atoms. The predicted molar refractivity (Wildman–Crippen MR) is 73.2 cm³/mol. The van der Waals surface area contributed by atoms with Crippen molar-refractivity contribution in [3.05, 3.63) is 40.4 Å². The fourth-order valence-corrected chi connectivity index (χ4v) is 2.24. The van der Waals surface area contributed by atoms with Gasteiger partial charge >= 0.3 is 0 Å². The van der Waals surface area contributed by atoms with Crippen LogP contribution in [0, 0.1) is 0 Å². The first kappa shape index (κ1) is 12.8. The normalized spacial score (nSPS) is 11.7. The highest BCUT2D eigenvalue weighted by atomic mass is 32.2. The fourth-order valence-electron chi connectivity index (χ4n) is 1.68. The maximum Gasteiger partial charge on any atom is 0.282 e. The Morgan fingerprint density at radius 3 is 2.61 bits per heavy atom. The highest BCUT2D eigenvalue weighted by Gasteiger charge is 2.09. The van der Waals surface area contributed by atoms with E-state index in [0.717, 1.165) is 0 Å². The van der Waals surface area contributed by atoms with Gasteiger partial charge in [0, 0.05) is 18.9 Å². The third-order valence-electron chi connectivity index (χ3n) is 2.42. The van der Waals surface area contributed by atoms with Crippen molar-refractivity contribution in [2.24, 2.45) is 4.47 Å². The summed E-state index contributed by atoms with van der Waals surface area (Å²) in [5.74, 6) is 0.523. The second-order valence-electron chi connectivity index (χ2n) is 4.28. The van der Waals surface area contributed by atoms with Gasteiger partial charge in [0.15, 0.2) is 0 Å². The van der Waals surface area contributed by atoms with Gasteiger partial charge in [0.25, 0.3) is 5.56 Å². The Labute approximate surface area is 106 Å². The third-order valence-corrected chi connectivity index (χ3v) is 2.97. The third kappa shape index (κ3) is 2.43. The van der Waals surface area contributed by atoms with Crippen LogP contribution in [0.5, 0.6) is 0 Å². The second-order valence-corrected chi connectivity index (χ2v) is 6.80. The van der Waals surface area contributed by atoms with E-state index in [1.165, 1.54) is 17.2 Å². The second kappa shape index (κ2) is 4.53. The lowest BCUT2D eigenvalue weighted by Gasteiger charge is -2.07. The topological polar surface area (TPSA) is 64.3 Å². The van der Waals surface area contributed by atoms with E-state index < -0.39 is 9.73 Å². The van der Waals surface area contributed by atoms with E-state index in [9.17, 15) is 9.00 Å². The quantitative estimate of drug-likeness (QED) is 0.825. The highest BCUT2D eigenvalue weighted by Crippen LogP contribution is 2.08. The molecule has 0 atom stereocenters. The highest BCUT2D eigenvalue weighted by molar-refractivity contribution is 7.92. The molecule has 0 amide bonds. The van der Waals surface area contributed by atoms with E-state index in [1.54, 1.807) is 18.2 Å². The first-order chi connectivity index (χ1) is 8.42. The molecule has 0 unspecified atom stereocenters. The van der Waals surface area contributed by atoms with Crippen LogP contribution < -0.4 is 5.56 Å². The van der Waals surface area contributed by atoms with Crippen LogP contribution in [0.25, 0.3) is 10.9 Å². The minimum Gasteiger partial charge on any atom is -0.267 e. The van der Waals surface area contributed by atoms with Gasteiger partial charge in [0.05, 0.1) is 20.6 Å². The van der Waals surface area contributed by atoms with Gasteiger partial charge in [0.1, 0.15) is 5.82 Å². The average Bonchev–Trinajstić information content (AvgIpc) is 2.31. The van der Waals surface area contributed by atoms with Crippen LogP contribution in [-0.2, 0) is 16.1 Å². The molecule has 0 radical (unpaired) electrons. The van der Waals surface area contributed by atoms with Crippen molar-refractivity contribution in [1.29, 1.82) is 0 Å². The number of hydrogen-bond donors (Lipinski definition) is 0.